The van der Waals surface area contributed by atoms with Crippen molar-refractivity contribution in [1.29, 1.82) is 0 Å². The molecule has 0 aliphatic rings. The first-order valence-electron chi connectivity index (χ1n) is 5.79. The number of ether oxygens (including phenoxy) is 1. The molecule has 0 aliphatic heterocycles. The summed E-state index contributed by atoms with van der Waals surface area (Å²) in [6, 6.07) is 1.21. The molecule has 1 rings (SSSR count). The molecule has 0 bridgehead atoms. The van der Waals surface area contributed by atoms with Gasteiger partial charge in [0.1, 0.15) is 10.6 Å². The van der Waals surface area contributed by atoms with E-state index in [1.165, 1.54) is 16.8 Å². The van der Waals surface area contributed by atoms with Crippen LogP contribution in [-0.2, 0) is 20.8 Å². The van der Waals surface area contributed by atoms with Gasteiger partial charge in [-0.15, -0.1) is 0 Å². The number of nitrogens with zero attached hydrogens (tertiary/aromatic N) is 1. The fraction of sp³-hybridized carbons (Fsp3) is 0.583. The van der Waals surface area contributed by atoms with E-state index in [-0.39, 0.29) is 22.6 Å². The molecule has 19 heavy (non-hydrogen) atoms. The fourth-order valence-corrected chi connectivity index (χ4v) is 2.18. The topological polar surface area (TPSA) is 65.4 Å². The highest BCUT2D eigenvalue weighted by Gasteiger charge is 2.20. The van der Waals surface area contributed by atoms with Crippen LogP contribution >= 0.6 is 10.7 Å². The highest BCUT2D eigenvalue weighted by Crippen LogP contribution is 2.20. The summed E-state index contributed by atoms with van der Waals surface area (Å²) < 4.78 is 28.8. The lowest BCUT2D eigenvalue weighted by atomic mass is 9.93. The molecule has 0 amide bonds. The second-order valence-electron chi connectivity index (χ2n) is 5.56. The zero-order valence-electron chi connectivity index (χ0n) is 11.4. The molecule has 0 saturated heterocycles. The van der Waals surface area contributed by atoms with Crippen LogP contribution in [0.25, 0.3) is 0 Å². The van der Waals surface area contributed by atoms with Gasteiger partial charge in [0.2, 0.25) is 0 Å². The van der Waals surface area contributed by atoms with Crippen molar-refractivity contribution in [2.75, 3.05) is 6.61 Å². The summed E-state index contributed by atoms with van der Waals surface area (Å²) in [6.45, 7) is 6.42. The number of aryl methyl sites for hydroxylation is 1. The second-order valence-corrected chi connectivity index (χ2v) is 8.12. The van der Waals surface area contributed by atoms with E-state index in [4.69, 9.17) is 15.4 Å². The monoisotopic (exact) mass is 307 g/mol. The molecular formula is C12H18ClNO4S. The Kier molecular flexibility index (Phi) is 4.68. The first kappa shape index (κ1) is 16.0. The summed E-state index contributed by atoms with van der Waals surface area (Å²) in [6.07, 6.45) is 2.01. The number of halogens is 1. The van der Waals surface area contributed by atoms with Crippen LogP contribution in [0.4, 0.5) is 0 Å². The van der Waals surface area contributed by atoms with Gasteiger partial charge in [0.25, 0.3) is 9.05 Å². The Morgan fingerprint density at radius 2 is 2.00 bits per heavy atom. The Labute approximate surface area is 117 Å². The second kappa shape index (κ2) is 5.54. The van der Waals surface area contributed by atoms with Crippen LogP contribution < -0.4 is 0 Å². The molecular weight excluding hydrogens is 290 g/mol. The van der Waals surface area contributed by atoms with Gasteiger partial charge < -0.3 is 9.30 Å². The number of hydrogen-bond acceptors (Lipinski definition) is 4. The minimum atomic E-state index is -3.84. The molecule has 5 nitrogen and oxygen atoms in total. The van der Waals surface area contributed by atoms with E-state index in [9.17, 15) is 13.2 Å². The molecule has 1 aromatic rings. The first-order valence-corrected chi connectivity index (χ1v) is 8.10. The smallest absolute Gasteiger partial charge is 0.354 e. The van der Waals surface area contributed by atoms with Gasteiger partial charge in [-0.2, -0.15) is 0 Å². The van der Waals surface area contributed by atoms with E-state index >= 15 is 0 Å². The Morgan fingerprint density at radius 1 is 1.42 bits per heavy atom. The summed E-state index contributed by atoms with van der Waals surface area (Å²) in [5, 5.41) is 0. The molecule has 1 aromatic heterocycles. The normalized spacial score (nSPS) is 12.5. The minimum Gasteiger partial charge on any atom is -0.461 e. The summed E-state index contributed by atoms with van der Waals surface area (Å²) in [7, 11) is 2.94. The zero-order chi connectivity index (χ0) is 14.8. The molecule has 0 aromatic carbocycles. The van der Waals surface area contributed by atoms with E-state index in [0.29, 0.717) is 0 Å². The van der Waals surface area contributed by atoms with Crippen LogP contribution in [0.2, 0.25) is 0 Å². The summed E-state index contributed by atoms with van der Waals surface area (Å²) in [4.78, 5) is 11.7. The SMILES string of the molecule is Cn1cc(S(=O)(=O)Cl)cc1C(=O)OCCC(C)(C)C. The van der Waals surface area contributed by atoms with Gasteiger partial charge in [-0.1, -0.05) is 20.8 Å². The first-order chi connectivity index (χ1) is 8.50. The molecule has 0 spiro atoms. The quantitative estimate of drug-likeness (QED) is 0.633. The maximum absolute atomic E-state index is 11.8. The lowest BCUT2D eigenvalue weighted by Gasteiger charge is -2.17. The Bertz CT molecular complexity index is 569. The maximum atomic E-state index is 11.8. The van der Waals surface area contributed by atoms with E-state index in [2.05, 4.69) is 0 Å². The lowest BCUT2D eigenvalue weighted by Crippen LogP contribution is -2.15. The van der Waals surface area contributed by atoms with Gasteiger partial charge in [0.15, 0.2) is 0 Å². The Balaban J connectivity index is 2.76. The number of aromatic nitrogens is 1. The van der Waals surface area contributed by atoms with E-state index < -0.39 is 15.0 Å². The molecule has 0 unspecified atom stereocenters. The van der Waals surface area contributed by atoms with Crippen molar-refractivity contribution in [3.63, 3.8) is 0 Å². The van der Waals surface area contributed by atoms with Gasteiger partial charge in [-0.3, -0.25) is 0 Å². The number of hydrogen-bond donors (Lipinski definition) is 0. The van der Waals surface area contributed by atoms with Crippen LogP contribution in [-0.4, -0.2) is 25.6 Å². The molecule has 0 fully saturated rings. The third kappa shape index (κ3) is 4.87. The van der Waals surface area contributed by atoms with Crippen molar-refractivity contribution in [3.8, 4) is 0 Å². The zero-order valence-corrected chi connectivity index (χ0v) is 13.0. The van der Waals surface area contributed by atoms with Gasteiger partial charge in [-0.05, 0) is 17.9 Å². The van der Waals surface area contributed by atoms with Crippen molar-refractivity contribution in [2.24, 2.45) is 12.5 Å². The van der Waals surface area contributed by atoms with Crippen molar-refractivity contribution in [2.45, 2.75) is 32.1 Å². The molecule has 1 heterocycles. The van der Waals surface area contributed by atoms with Crippen molar-refractivity contribution >= 4 is 25.7 Å². The molecule has 0 radical (unpaired) electrons. The van der Waals surface area contributed by atoms with Crippen molar-refractivity contribution < 1.29 is 17.9 Å². The lowest BCUT2D eigenvalue weighted by molar-refractivity contribution is 0.0454. The van der Waals surface area contributed by atoms with Crippen LogP contribution in [0.15, 0.2) is 17.2 Å². The van der Waals surface area contributed by atoms with E-state index in [1.54, 1.807) is 7.05 Å². The predicted octanol–water partition coefficient (Wildman–Crippen LogP) is 2.55. The number of esters is 1. The largest absolute Gasteiger partial charge is 0.461 e. The standard InChI is InChI=1S/C12H18ClNO4S/c1-12(2,3)5-6-18-11(15)10-7-9(8-14(10)4)19(13,16)17/h7-8H,5-6H2,1-4H3. The van der Waals surface area contributed by atoms with Gasteiger partial charge >= 0.3 is 5.97 Å². The van der Waals surface area contributed by atoms with Crippen molar-refractivity contribution in [1.82, 2.24) is 4.57 Å². The molecule has 0 N–H and O–H groups in total. The highest BCUT2D eigenvalue weighted by atomic mass is 35.7. The number of carbonyl (C=O) groups excluding carboxylic acids is 1. The average molecular weight is 308 g/mol. The van der Waals surface area contributed by atoms with Crippen LogP contribution in [0.1, 0.15) is 37.7 Å². The van der Waals surface area contributed by atoms with Crippen LogP contribution in [0, 0.1) is 5.41 Å². The predicted molar refractivity (Wildman–Crippen MR) is 72.8 cm³/mol. The average Bonchev–Trinajstić information content (AvgIpc) is 2.57. The van der Waals surface area contributed by atoms with Crippen LogP contribution in [0.5, 0.6) is 0 Å². The van der Waals surface area contributed by atoms with Gasteiger partial charge in [0, 0.05) is 23.9 Å². The summed E-state index contributed by atoms with van der Waals surface area (Å²) >= 11 is 0. The Hall–Kier alpha value is -1.01. The molecule has 0 atom stereocenters. The van der Waals surface area contributed by atoms with Gasteiger partial charge in [-0.25, -0.2) is 13.2 Å². The number of rotatable bonds is 4. The summed E-state index contributed by atoms with van der Waals surface area (Å²) in [5.41, 5.74) is 0.229. The Morgan fingerprint density at radius 3 is 2.42 bits per heavy atom. The fourth-order valence-electron chi connectivity index (χ4n) is 1.39. The van der Waals surface area contributed by atoms with E-state index in [1.807, 2.05) is 20.8 Å². The molecule has 0 saturated carbocycles. The number of carbonyl (C=O) groups is 1. The van der Waals surface area contributed by atoms with Crippen molar-refractivity contribution in [3.05, 3.63) is 18.0 Å². The minimum absolute atomic E-state index is 0.0686. The van der Waals surface area contributed by atoms with Crippen LogP contribution in [0.3, 0.4) is 0 Å². The molecule has 7 heteroatoms. The van der Waals surface area contributed by atoms with E-state index in [0.717, 1.165) is 6.42 Å². The molecule has 0 aliphatic carbocycles. The third-order valence-corrected chi connectivity index (χ3v) is 3.88. The molecule has 108 valence electrons. The third-order valence-electron chi connectivity index (χ3n) is 2.56. The summed E-state index contributed by atoms with van der Waals surface area (Å²) in [5.74, 6) is -0.557. The highest BCUT2D eigenvalue weighted by molar-refractivity contribution is 8.13. The van der Waals surface area contributed by atoms with Gasteiger partial charge in [0.05, 0.1) is 6.61 Å². The maximum Gasteiger partial charge on any atom is 0.354 e.